The maximum atomic E-state index is 12.7. The fourth-order valence-electron chi connectivity index (χ4n) is 2.01. The number of aliphatic carboxylic acids is 1. The molecular weight excluding hydrogens is 387 g/mol. The van der Waals surface area contributed by atoms with Crippen LogP contribution in [0.2, 0.25) is 0 Å². The first-order chi connectivity index (χ1) is 13.8. The number of hydrogen-bond donors (Lipinski definition) is 2. The van der Waals surface area contributed by atoms with E-state index in [0.717, 1.165) is 24.3 Å². The Labute approximate surface area is 164 Å². The van der Waals surface area contributed by atoms with Crippen molar-refractivity contribution in [3.8, 4) is 17.4 Å². The quantitative estimate of drug-likeness (QED) is 0.572. The topological polar surface area (TPSA) is 79.7 Å². The van der Waals surface area contributed by atoms with Crippen molar-refractivity contribution in [1.82, 2.24) is 4.98 Å². The van der Waals surface area contributed by atoms with Crippen LogP contribution in [-0.2, 0) is 11.0 Å². The summed E-state index contributed by atoms with van der Waals surface area (Å²) in [6, 6.07) is 18.7. The van der Waals surface area contributed by atoms with E-state index in [-0.39, 0.29) is 11.4 Å². The number of rotatable bonds is 4. The monoisotopic (exact) mass is 403 g/mol. The zero-order valence-electron chi connectivity index (χ0n) is 14.9. The van der Waals surface area contributed by atoms with E-state index in [4.69, 9.17) is 14.9 Å². The lowest BCUT2D eigenvalue weighted by atomic mass is 10.2. The number of alkyl halides is 3. The van der Waals surface area contributed by atoms with Gasteiger partial charge in [-0.3, -0.25) is 0 Å². The van der Waals surface area contributed by atoms with Crippen LogP contribution in [0.25, 0.3) is 6.08 Å². The largest absolute Gasteiger partial charge is 0.508 e. The van der Waals surface area contributed by atoms with Crippen molar-refractivity contribution in [3.05, 3.63) is 90.1 Å². The molecule has 2 aromatic carbocycles. The molecule has 0 spiro atoms. The van der Waals surface area contributed by atoms with Crippen molar-refractivity contribution in [2.45, 2.75) is 6.18 Å². The van der Waals surface area contributed by atoms with Crippen molar-refractivity contribution in [3.63, 3.8) is 0 Å². The molecule has 0 unspecified atom stereocenters. The lowest BCUT2D eigenvalue weighted by Gasteiger charge is -2.11. The third-order valence-electron chi connectivity index (χ3n) is 3.30. The Hall–Kier alpha value is -3.81. The Morgan fingerprint density at radius 2 is 1.52 bits per heavy atom. The number of aromatic nitrogens is 1. The van der Waals surface area contributed by atoms with Gasteiger partial charge in [-0.15, -0.1) is 0 Å². The van der Waals surface area contributed by atoms with E-state index in [1.54, 1.807) is 54.6 Å². The van der Waals surface area contributed by atoms with Crippen LogP contribution >= 0.6 is 0 Å². The molecule has 2 N–H and O–H groups in total. The highest BCUT2D eigenvalue weighted by Crippen LogP contribution is 2.32. The summed E-state index contributed by atoms with van der Waals surface area (Å²) < 4.78 is 43.5. The average Bonchev–Trinajstić information content (AvgIpc) is 2.68. The molecule has 0 atom stereocenters. The molecule has 0 radical (unpaired) electrons. The number of ether oxygens (including phenoxy) is 1. The molecule has 1 aromatic heterocycles. The van der Waals surface area contributed by atoms with Gasteiger partial charge in [-0.05, 0) is 42.5 Å². The summed E-state index contributed by atoms with van der Waals surface area (Å²) in [5, 5.41) is 17.2. The Kier molecular flexibility index (Phi) is 7.36. The van der Waals surface area contributed by atoms with Gasteiger partial charge in [0.15, 0.2) is 0 Å². The first-order valence-electron chi connectivity index (χ1n) is 8.22. The highest BCUT2D eigenvalue weighted by atomic mass is 19.4. The molecule has 0 amide bonds. The zero-order valence-corrected chi connectivity index (χ0v) is 14.9. The molecule has 29 heavy (non-hydrogen) atoms. The van der Waals surface area contributed by atoms with Crippen LogP contribution < -0.4 is 4.74 Å². The Balaban J connectivity index is 0.000000360. The predicted octanol–water partition coefficient (Wildman–Crippen LogP) is 5.38. The molecule has 0 aliphatic heterocycles. The smallest absolute Gasteiger partial charge is 0.433 e. The molecule has 0 aliphatic carbocycles. The number of hydrogen-bond acceptors (Lipinski definition) is 4. The van der Waals surface area contributed by atoms with E-state index in [1.807, 2.05) is 6.07 Å². The second kappa shape index (κ2) is 9.93. The van der Waals surface area contributed by atoms with Gasteiger partial charge in [0.05, 0.1) is 0 Å². The molecule has 0 saturated carbocycles. The van der Waals surface area contributed by atoms with Crippen molar-refractivity contribution < 1.29 is 32.9 Å². The number of phenolic OH excluding ortho intramolecular Hbond substituents is 1. The van der Waals surface area contributed by atoms with E-state index in [2.05, 4.69) is 4.98 Å². The second-order valence-corrected chi connectivity index (χ2v) is 5.51. The van der Waals surface area contributed by atoms with Crippen LogP contribution in [-0.4, -0.2) is 21.2 Å². The third kappa shape index (κ3) is 7.37. The molecular formula is C21H16F3NO4. The molecule has 0 fully saturated rings. The van der Waals surface area contributed by atoms with Gasteiger partial charge in [0.1, 0.15) is 17.2 Å². The van der Waals surface area contributed by atoms with Crippen LogP contribution in [0, 0.1) is 0 Å². The summed E-state index contributed by atoms with van der Waals surface area (Å²) in [6.45, 7) is 0. The van der Waals surface area contributed by atoms with E-state index < -0.39 is 17.8 Å². The van der Waals surface area contributed by atoms with Crippen LogP contribution in [0.1, 0.15) is 11.3 Å². The Morgan fingerprint density at radius 3 is 2.00 bits per heavy atom. The number of pyridine rings is 1. The van der Waals surface area contributed by atoms with E-state index in [0.29, 0.717) is 11.5 Å². The summed E-state index contributed by atoms with van der Waals surface area (Å²) in [5.74, 6) is -0.939. The first-order valence-corrected chi connectivity index (χ1v) is 8.22. The minimum atomic E-state index is -4.62. The molecule has 1 heterocycles. The number of carbonyl (C=O) groups is 1. The fourth-order valence-corrected chi connectivity index (χ4v) is 2.01. The van der Waals surface area contributed by atoms with Gasteiger partial charge in [-0.2, -0.15) is 13.2 Å². The van der Waals surface area contributed by atoms with Gasteiger partial charge in [-0.1, -0.05) is 36.4 Å². The molecule has 0 aliphatic rings. The molecule has 0 saturated heterocycles. The predicted molar refractivity (Wildman–Crippen MR) is 101 cm³/mol. The third-order valence-corrected chi connectivity index (χ3v) is 3.30. The van der Waals surface area contributed by atoms with Gasteiger partial charge in [-0.25, -0.2) is 9.78 Å². The van der Waals surface area contributed by atoms with E-state index >= 15 is 0 Å². The van der Waals surface area contributed by atoms with E-state index in [1.165, 1.54) is 0 Å². The van der Waals surface area contributed by atoms with Gasteiger partial charge < -0.3 is 14.9 Å². The van der Waals surface area contributed by atoms with Crippen molar-refractivity contribution in [1.29, 1.82) is 0 Å². The number of halogens is 3. The highest BCUT2D eigenvalue weighted by molar-refractivity contribution is 5.85. The van der Waals surface area contributed by atoms with Gasteiger partial charge in [0, 0.05) is 11.6 Å². The van der Waals surface area contributed by atoms with Crippen molar-refractivity contribution >= 4 is 12.0 Å². The molecule has 5 nitrogen and oxygen atoms in total. The maximum absolute atomic E-state index is 12.7. The lowest BCUT2D eigenvalue weighted by Crippen LogP contribution is -2.09. The number of phenols is 1. The molecule has 8 heteroatoms. The van der Waals surface area contributed by atoms with Crippen LogP contribution in [0.4, 0.5) is 13.2 Å². The number of carboxylic acids is 1. The number of aromatic hydroxyl groups is 1. The van der Waals surface area contributed by atoms with Crippen LogP contribution in [0.15, 0.2) is 78.9 Å². The summed E-state index contributed by atoms with van der Waals surface area (Å²) in [7, 11) is 0. The molecule has 3 aromatic rings. The fraction of sp³-hybridized carbons (Fsp3) is 0.0476. The summed E-state index contributed by atoms with van der Waals surface area (Å²) in [6.07, 6.45) is -2.71. The SMILES string of the molecule is O=C(O)C=Cc1ccc(C(F)(F)F)nc1Oc1ccccc1.Oc1ccccc1. The Bertz CT molecular complexity index is 959. The van der Waals surface area contributed by atoms with E-state index in [9.17, 15) is 18.0 Å². The minimum absolute atomic E-state index is 0.124. The molecule has 0 bridgehead atoms. The maximum Gasteiger partial charge on any atom is 0.433 e. The minimum Gasteiger partial charge on any atom is -0.508 e. The first kappa shape index (κ1) is 21.5. The Morgan fingerprint density at radius 1 is 0.931 bits per heavy atom. The molecule has 150 valence electrons. The normalized spacial score (nSPS) is 10.9. The van der Waals surface area contributed by atoms with Gasteiger partial charge in [0.2, 0.25) is 5.88 Å². The van der Waals surface area contributed by atoms with Crippen LogP contribution in [0.5, 0.6) is 17.4 Å². The zero-order chi connectivity index (χ0) is 21.3. The summed E-state index contributed by atoms with van der Waals surface area (Å²) in [5.41, 5.74) is -0.995. The van der Waals surface area contributed by atoms with Crippen LogP contribution in [0.3, 0.4) is 0 Å². The van der Waals surface area contributed by atoms with Crippen molar-refractivity contribution in [2.24, 2.45) is 0 Å². The number of carboxylic acid groups (broad SMARTS) is 1. The lowest BCUT2D eigenvalue weighted by molar-refractivity contribution is -0.141. The summed E-state index contributed by atoms with van der Waals surface area (Å²) in [4.78, 5) is 14.0. The second-order valence-electron chi connectivity index (χ2n) is 5.51. The number of nitrogens with zero attached hydrogens (tertiary/aromatic N) is 1. The summed E-state index contributed by atoms with van der Waals surface area (Å²) >= 11 is 0. The standard InChI is InChI=1S/C15H10F3NO3.C6H6O/c16-15(17,18)12-8-6-10(7-9-13(20)21)14(19-12)22-11-4-2-1-3-5-11;7-6-4-2-1-3-5-6/h1-9H,(H,20,21);1-5,7H. The number of para-hydroxylation sites is 2. The highest BCUT2D eigenvalue weighted by Gasteiger charge is 2.33. The average molecular weight is 403 g/mol. The van der Waals surface area contributed by atoms with Gasteiger partial charge in [0.25, 0.3) is 0 Å². The number of benzene rings is 2. The van der Waals surface area contributed by atoms with Crippen molar-refractivity contribution in [2.75, 3.05) is 0 Å². The molecule has 3 rings (SSSR count). The van der Waals surface area contributed by atoms with Gasteiger partial charge >= 0.3 is 12.1 Å².